The molecule has 2 aromatic carbocycles. The number of rotatable bonds is 6. The highest BCUT2D eigenvalue weighted by Crippen LogP contribution is 2.24. The number of halogens is 1. The van der Waals surface area contributed by atoms with Crippen LogP contribution in [0.4, 0.5) is 4.39 Å². The molecule has 22 heavy (non-hydrogen) atoms. The lowest BCUT2D eigenvalue weighted by atomic mass is 10.0. The highest BCUT2D eigenvalue weighted by molar-refractivity contribution is 5.31. The Labute approximate surface area is 132 Å². The summed E-state index contributed by atoms with van der Waals surface area (Å²) >= 11 is 0. The molecule has 0 saturated carbocycles. The van der Waals surface area contributed by atoms with Gasteiger partial charge >= 0.3 is 0 Å². The molecule has 118 valence electrons. The molecule has 0 spiro atoms. The molecule has 0 aliphatic rings. The maximum absolute atomic E-state index is 13.8. The number of methoxy groups -OCH3 is 1. The molecule has 2 unspecified atom stereocenters. The maximum Gasteiger partial charge on any atom is 0.165 e. The van der Waals surface area contributed by atoms with Crippen LogP contribution in [0.15, 0.2) is 42.5 Å². The number of benzene rings is 2. The Kier molecular flexibility index (Phi) is 5.56. The van der Waals surface area contributed by atoms with Crippen LogP contribution in [0.3, 0.4) is 0 Å². The van der Waals surface area contributed by atoms with Crippen LogP contribution in [-0.4, -0.2) is 7.11 Å². The van der Waals surface area contributed by atoms with E-state index in [9.17, 15) is 4.39 Å². The Hall–Kier alpha value is -1.87. The van der Waals surface area contributed by atoms with Gasteiger partial charge in [0.2, 0.25) is 0 Å². The molecule has 0 fully saturated rings. The van der Waals surface area contributed by atoms with Gasteiger partial charge in [-0.3, -0.25) is 0 Å². The SMILES string of the molecule is CCc1ccc(C(C)NC(C)c2ccc(OC)c(F)c2)cc1. The van der Waals surface area contributed by atoms with E-state index >= 15 is 0 Å². The second kappa shape index (κ2) is 7.41. The van der Waals surface area contributed by atoms with Gasteiger partial charge in [-0.25, -0.2) is 4.39 Å². The van der Waals surface area contributed by atoms with Crippen LogP contribution in [0.25, 0.3) is 0 Å². The molecule has 0 aromatic heterocycles. The number of aryl methyl sites for hydroxylation is 1. The van der Waals surface area contributed by atoms with Gasteiger partial charge in [-0.1, -0.05) is 37.3 Å². The van der Waals surface area contributed by atoms with Crippen LogP contribution < -0.4 is 10.1 Å². The van der Waals surface area contributed by atoms with Crippen LogP contribution in [0.2, 0.25) is 0 Å². The third-order valence-corrected chi connectivity index (χ3v) is 4.06. The van der Waals surface area contributed by atoms with Gasteiger partial charge in [-0.05, 0) is 49.1 Å². The van der Waals surface area contributed by atoms with Crippen molar-refractivity contribution >= 4 is 0 Å². The Bertz CT molecular complexity index is 609. The van der Waals surface area contributed by atoms with E-state index in [1.165, 1.54) is 24.3 Å². The maximum atomic E-state index is 13.8. The van der Waals surface area contributed by atoms with Gasteiger partial charge in [-0.15, -0.1) is 0 Å². The molecule has 0 heterocycles. The number of hydrogen-bond acceptors (Lipinski definition) is 2. The summed E-state index contributed by atoms with van der Waals surface area (Å²) < 4.78 is 18.8. The van der Waals surface area contributed by atoms with Crippen molar-refractivity contribution in [1.82, 2.24) is 5.32 Å². The van der Waals surface area contributed by atoms with E-state index in [2.05, 4.69) is 43.4 Å². The second-order valence-corrected chi connectivity index (χ2v) is 5.60. The quantitative estimate of drug-likeness (QED) is 0.827. The number of ether oxygens (including phenoxy) is 1. The average molecular weight is 301 g/mol. The molecule has 2 aromatic rings. The van der Waals surface area contributed by atoms with Crippen molar-refractivity contribution in [2.24, 2.45) is 0 Å². The molecule has 0 saturated heterocycles. The van der Waals surface area contributed by atoms with Crippen molar-refractivity contribution in [3.8, 4) is 5.75 Å². The van der Waals surface area contributed by atoms with Crippen molar-refractivity contribution in [3.05, 3.63) is 65.0 Å². The minimum atomic E-state index is -0.325. The summed E-state index contributed by atoms with van der Waals surface area (Å²) in [6.07, 6.45) is 1.05. The first-order valence-corrected chi connectivity index (χ1v) is 7.73. The zero-order valence-electron chi connectivity index (χ0n) is 13.7. The fraction of sp³-hybridized carbons (Fsp3) is 0.368. The summed E-state index contributed by atoms with van der Waals surface area (Å²) in [4.78, 5) is 0. The summed E-state index contributed by atoms with van der Waals surface area (Å²) in [5.41, 5.74) is 3.48. The lowest BCUT2D eigenvalue weighted by Gasteiger charge is -2.21. The van der Waals surface area contributed by atoms with Crippen molar-refractivity contribution < 1.29 is 9.13 Å². The number of nitrogens with one attached hydrogen (secondary N) is 1. The van der Waals surface area contributed by atoms with E-state index in [4.69, 9.17) is 4.74 Å². The first kappa shape index (κ1) is 16.5. The van der Waals surface area contributed by atoms with E-state index in [1.54, 1.807) is 6.07 Å². The largest absolute Gasteiger partial charge is 0.494 e. The second-order valence-electron chi connectivity index (χ2n) is 5.60. The smallest absolute Gasteiger partial charge is 0.165 e. The summed E-state index contributed by atoms with van der Waals surface area (Å²) in [5, 5.41) is 3.51. The van der Waals surface area contributed by atoms with Gasteiger partial charge in [0.25, 0.3) is 0 Å². The van der Waals surface area contributed by atoms with Crippen LogP contribution in [-0.2, 0) is 6.42 Å². The molecule has 3 heteroatoms. The minimum absolute atomic E-state index is 0.0567. The third kappa shape index (κ3) is 3.86. The van der Waals surface area contributed by atoms with Gasteiger partial charge in [0.15, 0.2) is 11.6 Å². The van der Waals surface area contributed by atoms with Crippen molar-refractivity contribution in [1.29, 1.82) is 0 Å². The lowest BCUT2D eigenvalue weighted by Crippen LogP contribution is -2.22. The van der Waals surface area contributed by atoms with Crippen LogP contribution >= 0.6 is 0 Å². The molecule has 0 aliphatic carbocycles. The van der Waals surface area contributed by atoms with Crippen LogP contribution in [0.1, 0.15) is 49.5 Å². The average Bonchev–Trinajstić information content (AvgIpc) is 2.54. The topological polar surface area (TPSA) is 21.3 Å². The Morgan fingerprint density at radius 1 is 1.00 bits per heavy atom. The fourth-order valence-corrected chi connectivity index (χ4v) is 2.56. The molecular formula is C19H24FNO. The van der Waals surface area contributed by atoms with Crippen LogP contribution in [0, 0.1) is 5.82 Å². The number of hydrogen-bond donors (Lipinski definition) is 1. The Morgan fingerprint density at radius 2 is 1.59 bits per heavy atom. The zero-order valence-corrected chi connectivity index (χ0v) is 13.7. The van der Waals surface area contributed by atoms with E-state index in [1.807, 2.05) is 13.0 Å². The summed E-state index contributed by atoms with van der Waals surface area (Å²) in [7, 11) is 1.47. The predicted molar refractivity (Wildman–Crippen MR) is 88.7 cm³/mol. The summed E-state index contributed by atoms with van der Waals surface area (Å²) in [5.74, 6) is -0.0484. The van der Waals surface area contributed by atoms with Gasteiger partial charge in [0.05, 0.1) is 7.11 Å². The van der Waals surface area contributed by atoms with Crippen molar-refractivity contribution in [3.63, 3.8) is 0 Å². The van der Waals surface area contributed by atoms with Crippen molar-refractivity contribution in [2.75, 3.05) is 7.11 Å². The van der Waals surface area contributed by atoms with Crippen LogP contribution in [0.5, 0.6) is 5.75 Å². The Morgan fingerprint density at radius 3 is 2.14 bits per heavy atom. The fourth-order valence-electron chi connectivity index (χ4n) is 2.56. The molecule has 2 atom stereocenters. The normalized spacial score (nSPS) is 13.7. The van der Waals surface area contributed by atoms with E-state index in [0.717, 1.165) is 12.0 Å². The monoisotopic (exact) mass is 301 g/mol. The summed E-state index contributed by atoms with van der Waals surface area (Å²) in [6.45, 7) is 6.31. The molecule has 2 rings (SSSR count). The third-order valence-electron chi connectivity index (χ3n) is 4.06. The first-order valence-electron chi connectivity index (χ1n) is 7.73. The molecule has 0 bridgehead atoms. The molecule has 1 N–H and O–H groups in total. The van der Waals surface area contributed by atoms with E-state index < -0.39 is 0 Å². The van der Waals surface area contributed by atoms with Crippen molar-refractivity contribution in [2.45, 2.75) is 39.3 Å². The lowest BCUT2D eigenvalue weighted by molar-refractivity contribution is 0.385. The van der Waals surface area contributed by atoms with E-state index in [-0.39, 0.29) is 23.7 Å². The highest BCUT2D eigenvalue weighted by atomic mass is 19.1. The predicted octanol–water partition coefficient (Wildman–Crippen LogP) is 4.81. The molecule has 0 radical (unpaired) electrons. The van der Waals surface area contributed by atoms with Gasteiger partial charge in [-0.2, -0.15) is 0 Å². The summed E-state index contributed by atoms with van der Waals surface area (Å²) in [6, 6.07) is 14.0. The van der Waals surface area contributed by atoms with Gasteiger partial charge in [0, 0.05) is 12.1 Å². The molecular weight excluding hydrogens is 277 g/mol. The van der Waals surface area contributed by atoms with E-state index in [0.29, 0.717) is 0 Å². The molecule has 0 amide bonds. The molecule has 2 nitrogen and oxygen atoms in total. The minimum Gasteiger partial charge on any atom is -0.494 e. The standard InChI is InChI=1S/C19H24FNO/c1-5-15-6-8-16(9-7-15)13(2)21-14(3)17-10-11-19(22-4)18(20)12-17/h6-14,21H,5H2,1-4H3. The first-order chi connectivity index (χ1) is 10.5. The Balaban J connectivity index is 2.06. The highest BCUT2D eigenvalue weighted by Gasteiger charge is 2.13. The zero-order chi connectivity index (χ0) is 16.1. The molecule has 0 aliphatic heterocycles. The van der Waals surface area contributed by atoms with Gasteiger partial charge in [0.1, 0.15) is 0 Å². The van der Waals surface area contributed by atoms with Gasteiger partial charge < -0.3 is 10.1 Å².